The van der Waals surface area contributed by atoms with E-state index in [9.17, 15) is 9.59 Å². The van der Waals surface area contributed by atoms with Gasteiger partial charge in [-0.3, -0.25) is 9.69 Å². The van der Waals surface area contributed by atoms with Gasteiger partial charge >= 0.3 is 6.03 Å². The molecule has 2 saturated heterocycles. The summed E-state index contributed by atoms with van der Waals surface area (Å²) in [4.78, 5) is 38.2. The van der Waals surface area contributed by atoms with Gasteiger partial charge in [-0.15, -0.1) is 0 Å². The molecule has 0 aromatic heterocycles. The second kappa shape index (κ2) is 7.02. The van der Waals surface area contributed by atoms with Crippen molar-refractivity contribution in [1.82, 2.24) is 14.7 Å². The summed E-state index contributed by atoms with van der Waals surface area (Å²) >= 11 is 6.08. The van der Waals surface area contributed by atoms with Crippen LogP contribution in [0.25, 0.3) is 0 Å². The first-order chi connectivity index (χ1) is 14.4. The number of anilines is 1. The van der Waals surface area contributed by atoms with Crippen molar-refractivity contribution in [3.8, 4) is 0 Å². The van der Waals surface area contributed by atoms with Crippen LogP contribution in [-0.2, 0) is 11.3 Å². The minimum atomic E-state index is -0.510. The molecule has 0 N–H and O–H groups in total. The molecular formula is C22H22ClN5O2. The molecule has 3 aliphatic heterocycles. The number of nitrogens with zero attached hydrogens (tertiary/aromatic N) is 5. The van der Waals surface area contributed by atoms with E-state index in [1.54, 1.807) is 24.1 Å². The molecule has 3 heterocycles. The molecule has 0 aliphatic carbocycles. The van der Waals surface area contributed by atoms with E-state index < -0.39 is 12.2 Å². The third-order valence-corrected chi connectivity index (χ3v) is 6.19. The Hall–Kier alpha value is -3.06. The van der Waals surface area contributed by atoms with Gasteiger partial charge in [0.15, 0.2) is 12.2 Å². The summed E-state index contributed by atoms with van der Waals surface area (Å²) in [5.41, 5.74) is 3.05. The van der Waals surface area contributed by atoms with E-state index >= 15 is 0 Å². The molecule has 3 amide bonds. The van der Waals surface area contributed by atoms with E-state index in [-0.39, 0.29) is 18.5 Å². The van der Waals surface area contributed by atoms with Crippen LogP contribution in [0.5, 0.6) is 0 Å². The zero-order chi connectivity index (χ0) is 21.0. The highest BCUT2D eigenvalue weighted by molar-refractivity contribution is 6.30. The summed E-state index contributed by atoms with van der Waals surface area (Å²) in [5, 5.41) is 0.579. The molecule has 0 spiro atoms. The zero-order valence-corrected chi connectivity index (χ0v) is 17.6. The van der Waals surface area contributed by atoms with E-state index in [2.05, 4.69) is 36.1 Å². The number of benzene rings is 2. The predicted molar refractivity (Wildman–Crippen MR) is 115 cm³/mol. The smallest absolute Gasteiger partial charge is 0.325 e. The van der Waals surface area contributed by atoms with E-state index in [1.807, 2.05) is 17.0 Å². The molecular weight excluding hydrogens is 402 g/mol. The largest absolute Gasteiger partial charge is 0.328 e. The average Bonchev–Trinajstić information content (AvgIpc) is 3.30. The lowest BCUT2D eigenvalue weighted by Gasteiger charge is -2.40. The quantitative estimate of drug-likeness (QED) is 0.761. The van der Waals surface area contributed by atoms with E-state index in [1.165, 1.54) is 10.5 Å². The van der Waals surface area contributed by atoms with Gasteiger partial charge < -0.3 is 14.7 Å². The Morgan fingerprint density at radius 1 is 1.10 bits per heavy atom. The molecule has 2 fully saturated rings. The number of halogens is 1. The zero-order valence-electron chi connectivity index (χ0n) is 16.8. The Balaban J connectivity index is 1.43. The van der Waals surface area contributed by atoms with Crippen LogP contribution in [0.15, 0.2) is 53.5 Å². The van der Waals surface area contributed by atoms with Gasteiger partial charge in [0, 0.05) is 30.8 Å². The fraction of sp³-hybridized carbons (Fsp3) is 0.318. The van der Waals surface area contributed by atoms with E-state index in [0.717, 1.165) is 23.8 Å². The Morgan fingerprint density at radius 3 is 2.60 bits per heavy atom. The highest BCUT2D eigenvalue weighted by Crippen LogP contribution is 2.34. The van der Waals surface area contributed by atoms with Crippen LogP contribution in [-0.4, -0.2) is 64.9 Å². The number of aliphatic imine (C=N–C) groups is 1. The molecule has 2 aromatic rings. The normalized spacial score (nSPS) is 23.1. The van der Waals surface area contributed by atoms with Crippen molar-refractivity contribution in [3.63, 3.8) is 0 Å². The van der Waals surface area contributed by atoms with Crippen molar-refractivity contribution in [2.45, 2.75) is 25.7 Å². The Labute approximate surface area is 180 Å². The van der Waals surface area contributed by atoms with Gasteiger partial charge in [0.2, 0.25) is 5.96 Å². The Bertz CT molecular complexity index is 1050. The van der Waals surface area contributed by atoms with Crippen LogP contribution < -0.4 is 4.90 Å². The second-order valence-corrected chi connectivity index (χ2v) is 8.35. The van der Waals surface area contributed by atoms with Crippen molar-refractivity contribution in [2.75, 3.05) is 25.0 Å². The topological polar surface area (TPSA) is 59.5 Å². The number of carbonyl (C=O) groups excluding carboxylic acids is 2. The lowest BCUT2D eigenvalue weighted by molar-refractivity contribution is -0.137. The lowest BCUT2D eigenvalue weighted by Crippen LogP contribution is -2.64. The summed E-state index contributed by atoms with van der Waals surface area (Å²) in [7, 11) is 1.71. The summed E-state index contributed by atoms with van der Waals surface area (Å²) in [5.74, 6) is 0.541. The highest BCUT2D eigenvalue weighted by atomic mass is 35.5. The third-order valence-electron chi connectivity index (χ3n) is 5.95. The van der Waals surface area contributed by atoms with Gasteiger partial charge in [-0.2, -0.15) is 0 Å². The molecule has 0 radical (unpaired) electrons. The van der Waals surface area contributed by atoms with Crippen LogP contribution in [0, 0.1) is 6.92 Å². The maximum Gasteiger partial charge on any atom is 0.328 e. The van der Waals surface area contributed by atoms with Gasteiger partial charge in [-0.05, 0) is 36.8 Å². The number of carbonyl (C=O) groups is 2. The standard InChI is InChI=1S/C22H22ClN5O2/c1-14-6-8-17(9-7-14)26-10-11-27-18-19(24-21(26)27)25(2)22(30)28(20(18)29)13-15-4-3-5-16(23)12-15/h3-9,12,18-19H,10-11,13H2,1-2H3. The first kappa shape index (κ1) is 18.9. The maximum atomic E-state index is 13.4. The number of aryl methyl sites for hydroxylation is 1. The van der Waals surface area contributed by atoms with Crippen LogP contribution >= 0.6 is 11.6 Å². The lowest BCUT2D eigenvalue weighted by atomic mass is 10.1. The fourth-order valence-electron chi connectivity index (χ4n) is 4.37. The molecule has 5 rings (SSSR count). The van der Waals surface area contributed by atoms with Crippen molar-refractivity contribution < 1.29 is 9.59 Å². The second-order valence-electron chi connectivity index (χ2n) is 7.92. The molecule has 3 aliphatic rings. The summed E-state index contributed by atoms with van der Waals surface area (Å²) < 4.78 is 0. The van der Waals surface area contributed by atoms with Crippen LogP contribution in [0.4, 0.5) is 10.5 Å². The first-order valence-corrected chi connectivity index (χ1v) is 10.3. The highest BCUT2D eigenvalue weighted by Gasteiger charge is 2.54. The van der Waals surface area contributed by atoms with Gasteiger partial charge in [-0.1, -0.05) is 41.4 Å². The molecule has 2 aromatic carbocycles. The maximum absolute atomic E-state index is 13.4. The van der Waals surface area contributed by atoms with Gasteiger partial charge in [0.25, 0.3) is 5.91 Å². The SMILES string of the molecule is Cc1ccc(N2CCN3C2=NC2C3C(=O)N(Cc3cccc(Cl)c3)C(=O)N2C)cc1. The van der Waals surface area contributed by atoms with E-state index in [0.29, 0.717) is 11.6 Å². The van der Waals surface area contributed by atoms with Crippen molar-refractivity contribution in [2.24, 2.45) is 4.99 Å². The Morgan fingerprint density at radius 2 is 1.87 bits per heavy atom. The minimum Gasteiger partial charge on any atom is -0.325 e. The van der Waals surface area contributed by atoms with Crippen molar-refractivity contribution >= 4 is 35.2 Å². The number of amides is 3. The number of guanidine groups is 1. The molecule has 0 saturated carbocycles. The average molecular weight is 424 g/mol. The van der Waals surface area contributed by atoms with E-state index in [4.69, 9.17) is 16.6 Å². The molecule has 8 heteroatoms. The number of urea groups is 1. The van der Waals surface area contributed by atoms with Crippen LogP contribution in [0.2, 0.25) is 5.02 Å². The van der Waals surface area contributed by atoms with Gasteiger partial charge in [-0.25, -0.2) is 9.79 Å². The number of hydrogen-bond donors (Lipinski definition) is 0. The number of imide groups is 1. The number of rotatable bonds is 3. The molecule has 0 bridgehead atoms. The number of likely N-dealkylation sites (N-methyl/N-ethyl adjacent to an activating group) is 1. The number of fused-ring (bicyclic) bond motifs is 3. The van der Waals surface area contributed by atoms with Crippen molar-refractivity contribution in [1.29, 1.82) is 0 Å². The first-order valence-electron chi connectivity index (χ1n) is 9.95. The summed E-state index contributed by atoms with van der Waals surface area (Å²) in [6.45, 7) is 3.68. The molecule has 30 heavy (non-hydrogen) atoms. The summed E-state index contributed by atoms with van der Waals surface area (Å²) in [6.07, 6.45) is -0.510. The molecule has 2 unspecified atom stereocenters. The fourth-order valence-corrected chi connectivity index (χ4v) is 4.58. The molecule has 154 valence electrons. The predicted octanol–water partition coefficient (Wildman–Crippen LogP) is 2.93. The van der Waals surface area contributed by atoms with Crippen LogP contribution in [0.1, 0.15) is 11.1 Å². The summed E-state index contributed by atoms with van der Waals surface area (Å²) in [6, 6.07) is 14.6. The van der Waals surface area contributed by atoms with Gasteiger partial charge in [0.05, 0.1) is 6.54 Å². The van der Waals surface area contributed by atoms with Crippen molar-refractivity contribution in [3.05, 3.63) is 64.7 Å². The Kier molecular flexibility index (Phi) is 4.43. The van der Waals surface area contributed by atoms with Crippen LogP contribution in [0.3, 0.4) is 0 Å². The molecule has 2 atom stereocenters. The third kappa shape index (κ3) is 2.92. The minimum absolute atomic E-state index is 0.191. The molecule has 7 nitrogen and oxygen atoms in total. The number of hydrogen-bond acceptors (Lipinski definition) is 5. The van der Waals surface area contributed by atoms with Gasteiger partial charge in [0.1, 0.15) is 0 Å². The monoisotopic (exact) mass is 423 g/mol.